The Kier molecular flexibility index (Phi) is 6.75. The fourth-order valence-electron chi connectivity index (χ4n) is 8.05. The number of ketones is 1. The van der Waals surface area contributed by atoms with E-state index >= 15 is 0 Å². The lowest BCUT2D eigenvalue weighted by atomic mass is 9.52. The smallest absolute Gasteiger partial charge is 0.302 e. The van der Waals surface area contributed by atoms with Crippen molar-refractivity contribution in [2.24, 2.45) is 23.2 Å². The predicted octanol–water partition coefficient (Wildman–Crippen LogP) is 5.28. The summed E-state index contributed by atoms with van der Waals surface area (Å²) in [5, 5.41) is 2.54. The Hall–Kier alpha value is -2.24. The third-order valence-corrected chi connectivity index (χ3v) is 14.4. The quantitative estimate of drug-likeness (QED) is 0.279. The summed E-state index contributed by atoms with van der Waals surface area (Å²) in [7, 11) is -2.56. The molecular weight excluding hydrogens is 464 g/mol. The molecule has 6 rings (SSSR count). The van der Waals surface area contributed by atoms with Crippen LogP contribution in [0.2, 0.25) is 5.04 Å². The van der Waals surface area contributed by atoms with Crippen LogP contribution in [0, 0.1) is 23.2 Å². The van der Waals surface area contributed by atoms with Crippen LogP contribution in [0.15, 0.2) is 60.7 Å². The summed E-state index contributed by atoms with van der Waals surface area (Å²) in [6.07, 6.45) is 5.55. The van der Waals surface area contributed by atoms with Gasteiger partial charge >= 0.3 is 5.97 Å². The van der Waals surface area contributed by atoms with E-state index in [-0.39, 0.29) is 34.4 Å². The molecule has 4 unspecified atom stereocenters. The standard InChI is InChI=1S/C31H40O4Si/c1-22(32)35-27-21-24-20-23-16-18-31(24,28(27)29(23)33)17-11-19-34-36(30(2,3)4,25-12-7-5-8-13-25)26-14-9-6-10-15-26/h5-10,12-15,23-24,27-28H,11,16-21H2,1-4H3/t23?,24?,27-,28?,31?/m0/s1. The minimum absolute atomic E-state index is 0.0270. The Morgan fingerprint density at radius 1 is 1.00 bits per heavy atom. The van der Waals surface area contributed by atoms with Gasteiger partial charge in [-0.25, -0.2) is 0 Å². The zero-order chi connectivity index (χ0) is 25.6. The summed E-state index contributed by atoms with van der Waals surface area (Å²) in [4.78, 5) is 25.1. The van der Waals surface area contributed by atoms with Crippen LogP contribution in [0.4, 0.5) is 0 Å². The van der Waals surface area contributed by atoms with Gasteiger partial charge in [0, 0.05) is 19.4 Å². The van der Waals surface area contributed by atoms with Crippen molar-refractivity contribution in [1.82, 2.24) is 0 Å². The number of benzene rings is 2. The van der Waals surface area contributed by atoms with E-state index < -0.39 is 8.32 Å². The number of hydrogen-bond donors (Lipinski definition) is 0. The molecule has 0 saturated heterocycles. The number of rotatable bonds is 8. The second kappa shape index (κ2) is 9.57. The summed E-state index contributed by atoms with van der Waals surface area (Å²) in [5.41, 5.74) is -0.0270. The van der Waals surface area contributed by atoms with E-state index in [0.29, 0.717) is 18.3 Å². The van der Waals surface area contributed by atoms with Crippen LogP contribution in [0.3, 0.4) is 0 Å². The molecule has 0 aromatic heterocycles. The molecule has 0 radical (unpaired) electrons. The number of hydrogen-bond acceptors (Lipinski definition) is 4. The molecule has 0 aliphatic heterocycles. The second-order valence-electron chi connectivity index (χ2n) is 12.3. The third kappa shape index (κ3) is 4.08. The summed E-state index contributed by atoms with van der Waals surface area (Å²) < 4.78 is 12.8. The Bertz CT molecular complexity index is 1050. The van der Waals surface area contributed by atoms with Crippen molar-refractivity contribution in [3.8, 4) is 0 Å². The zero-order valence-corrected chi connectivity index (χ0v) is 23.2. The first-order valence-electron chi connectivity index (χ1n) is 13.6. The number of fused-ring (bicyclic) bond motifs is 1. The van der Waals surface area contributed by atoms with Crippen molar-refractivity contribution in [2.75, 3.05) is 6.61 Å². The molecular formula is C31H40O4Si. The lowest BCUT2D eigenvalue weighted by molar-refractivity contribution is -0.158. The van der Waals surface area contributed by atoms with Gasteiger partial charge in [-0.05, 0) is 65.3 Å². The summed E-state index contributed by atoms with van der Waals surface area (Å²) in [6, 6.07) is 21.5. The zero-order valence-electron chi connectivity index (χ0n) is 22.2. The second-order valence-corrected chi connectivity index (χ2v) is 16.6. The molecule has 192 valence electrons. The van der Waals surface area contributed by atoms with E-state index in [9.17, 15) is 9.59 Å². The van der Waals surface area contributed by atoms with Crippen molar-refractivity contribution >= 4 is 30.4 Å². The average Bonchev–Trinajstić information content (AvgIpc) is 3.09. The molecule has 2 aromatic rings. The lowest BCUT2D eigenvalue weighted by Crippen LogP contribution is -2.66. The van der Waals surface area contributed by atoms with Gasteiger partial charge in [-0.15, -0.1) is 0 Å². The van der Waals surface area contributed by atoms with Gasteiger partial charge in [-0.2, -0.15) is 0 Å². The first-order valence-corrected chi connectivity index (χ1v) is 15.6. The summed E-state index contributed by atoms with van der Waals surface area (Å²) in [6.45, 7) is 9.06. The molecule has 2 aromatic carbocycles. The molecule has 0 heterocycles. The van der Waals surface area contributed by atoms with E-state index in [1.54, 1.807) is 0 Å². The first-order chi connectivity index (χ1) is 17.2. The van der Waals surface area contributed by atoms with Crippen LogP contribution >= 0.6 is 0 Å². The fraction of sp³-hybridized carbons (Fsp3) is 0.548. The summed E-state index contributed by atoms with van der Waals surface area (Å²) >= 11 is 0. The largest absolute Gasteiger partial charge is 0.462 e. The molecule has 4 nitrogen and oxygen atoms in total. The van der Waals surface area contributed by atoms with Gasteiger partial charge in [-0.3, -0.25) is 9.59 Å². The minimum Gasteiger partial charge on any atom is -0.462 e. The van der Waals surface area contributed by atoms with Crippen molar-refractivity contribution in [3.05, 3.63) is 60.7 Å². The highest BCUT2D eigenvalue weighted by Gasteiger charge is 2.65. The molecule has 4 fully saturated rings. The van der Waals surface area contributed by atoms with Gasteiger partial charge in [0.1, 0.15) is 11.9 Å². The molecule has 4 aliphatic rings. The van der Waals surface area contributed by atoms with Gasteiger partial charge in [-0.1, -0.05) is 81.4 Å². The molecule has 4 aliphatic carbocycles. The van der Waals surface area contributed by atoms with Crippen LogP contribution in [0.1, 0.15) is 66.2 Å². The van der Waals surface area contributed by atoms with Crippen molar-refractivity contribution < 1.29 is 18.8 Å². The molecule has 4 saturated carbocycles. The summed E-state index contributed by atoms with van der Waals surface area (Å²) in [5.74, 6) is 0.634. The number of esters is 1. The van der Waals surface area contributed by atoms with E-state index in [1.165, 1.54) is 17.3 Å². The highest BCUT2D eigenvalue weighted by Crippen LogP contribution is 2.65. The van der Waals surface area contributed by atoms with E-state index in [0.717, 1.165) is 38.5 Å². The van der Waals surface area contributed by atoms with E-state index in [4.69, 9.17) is 9.16 Å². The SMILES string of the molecule is CC(=O)O[C@H]1CC2CC3CCC2(CCCO[Si](c2ccccc2)(c2ccccc2)C(C)(C)C)C1C3=O. The number of ether oxygens (including phenoxy) is 1. The van der Waals surface area contributed by atoms with Crippen LogP contribution < -0.4 is 10.4 Å². The number of Topliss-reactive ketones (excluding diaryl/α,β-unsaturated/α-hetero) is 1. The average molecular weight is 505 g/mol. The Balaban J connectivity index is 1.39. The maximum Gasteiger partial charge on any atom is 0.302 e. The van der Waals surface area contributed by atoms with Gasteiger partial charge in [0.15, 0.2) is 0 Å². The van der Waals surface area contributed by atoms with Gasteiger partial charge < -0.3 is 9.16 Å². The molecule has 36 heavy (non-hydrogen) atoms. The van der Waals surface area contributed by atoms with Crippen molar-refractivity contribution in [3.63, 3.8) is 0 Å². The topological polar surface area (TPSA) is 52.6 Å². The molecule has 4 bridgehead atoms. The van der Waals surface area contributed by atoms with Gasteiger partial charge in [0.2, 0.25) is 0 Å². The van der Waals surface area contributed by atoms with E-state index in [2.05, 4.69) is 81.4 Å². The Morgan fingerprint density at radius 2 is 1.61 bits per heavy atom. The van der Waals surface area contributed by atoms with Gasteiger partial charge in [0.05, 0.1) is 5.92 Å². The highest BCUT2D eigenvalue weighted by atomic mass is 28.4. The van der Waals surface area contributed by atoms with Crippen molar-refractivity contribution in [1.29, 1.82) is 0 Å². The fourth-order valence-corrected chi connectivity index (χ4v) is 12.7. The van der Waals surface area contributed by atoms with E-state index in [1.807, 2.05) is 0 Å². The number of carbonyl (C=O) groups is 2. The Morgan fingerprint density at radius 3 is 2.17 bits per heavy atom. The maximum absolute atomic E-state index is 13.3. The highest BCUT2D eigenvalue weighted by molar-refractivity contribution is 6.99. The minimum atomic E-state index is -2.56. The van der Waals surface area contributed by atoms with Crippen LogP contribution in [-0.4, -0.2) is 32.8 Å². The monoisotopic (exact) mass is 504 g/mol. The molecule has 0 spiro atoms. The van der Waals surface area contributed by atoms with Gasteiger partial charge in [0.25, 0.3) is 8.32 Å². The molecule has 0 amide bonds. The Labute approximate surface area is 216 Å². The lowest BCUT2D eigenvalue weighted by Gasteiger charge is -2.51. The van der Waals surface area contributed by atoms with Crippen LogP contribution in [0.5, 0.6) is 0 Å². The molecule has 5 atom stereocenters. The van der Waals surface area contributed by atoms with Crippen molar-refractivity contribution in [2.45, 2.75) is 77.4 Å². The first kappa shape index (κ1) is 25.4. The maximum atomic E-state index is 13.3. The predicted molar refractivity (Wildman–Crippen MR) is 145 cm³/mol. The third-order valence-electron chi connectivity index (χ3n) is 9.40. The van der Waals surface area contributed by atoms with Crippen LogP contribution in [0.25, 0.3) is 0 Å². The normalized spacial score (nSPS) is 29.4. The molecule has 0 N–H and O–H groups in total. The number of carbonyl (C=O) groups excluding carboxylic acids is 2. The van der Waals surface area contributed by atoms with Crippen LogP contribution in [-0.2, 0) is 18.8 Å². The molecule has 5 heteroatoms.